The second-order valence-corrected chi connectivity index (χ2v) is 4.18. The van der Waals surface area contributed by atoms with E-state index in [4.69, 9.17) is 0 Å². The summed E-state index contributed by atoms with van der Waals surface area (Å²) in [4.78, 5) is 0. The van der Waals surface area contributed by atoms with Crippen LogP contribution in [0.3, 0.4) is 0 Å². The Bertz CT molecular complexity index is 106. The Labute approximate surface area is 70.4 Å². The SMILES string of the molecule is CC[C](C1CCC1)C1CCC1. The molecule has 0 nitrogen and oxygen atoms in total. The monoisotopic (exact) mass is 151 g/mol. The van der Waals surface area contributed by atoms with Crippen molar-refractivity contribution in [2.24, 2.45) is 11.8 Å². The van der Waals surface area contributed by atoms with E-state index in [1.807, 2.05) is 5.92 Å². The Hall–Kier alpha value is 0. The minimum Gasteiger partial charge on any atom is -0.0648 e. The minimum absolute atomic E-state index is 1.06. The lowest BCUT2D eigenvalue weighted by Crippen LogP contribution is -2.29. The molecule has 0 spiro atoms. The van der Waals surface area contributed by atoms with Crippen molar-refractivity contribution >= 4 is 0 Å². The molecule has 2 saturated carbocycles. The molecule has 0 saturated heterocycles. The lowest BCUT2D eigenvalue weighted by atomic mass is 9.64. The van der Waals surface area contributed by atoms with Gasteiger partial charge in [-0.2, -0.15) is 0 Å². The van der Waals surface area contributed by atoms with E-state index in [1.54, 1.807) is 0 Å². The van der Waals surface area contributed by atoms with E-state index < -0.39 is 0 Å². The molecule has 0 N–H and O–H groups in total. The summed E-state index contributed by atoms with van der Waals surface area (Å²) in [6.07, 6.45) is 10.4. The van der Waals surface area contributed by atoms with Crippen LogP contribution in [0.15, 0.2) is 0 Å². The first-order valence-corrected chi connectivity index (χ1v) is 5.27. The van der Waals surface area contributed by atoms with Crippen LogP contribution < -0.4 is 0 Å². The van der Waals surface area contributed by atoms with Crippen LogP contribution in [0, 0.1) is 17.8 Å². The van der Waals surface area contributed by atoms with Crippen molar-refractivity contribution in [2.45, 2.75) is 51.9 Å². The third kappa shape index (κ3) is 1.32. The standard InChI is InChI=1S/C11H19/c1-2-11(9-5-3-6-9)10-7-4-8-10/h9-10H,2-8H2,1H3. The topological polar surface area (TPSA) is 0 Å². The van der Waals surface area contributed by atoms with E-state index >= 15 is 0 Å². The smallest absolute Gasteiger partial charge is 0.0182 e. The van der Waals surface area contributed by atoms with Crippen LogP contribution in [0.5, 0.6) is 0 Å². The average Bonchev–Trinajstić information content (AvgIpc) is 1.78. The highest BCUT2D eigenvalue weighted by Gasteiger charge is 2.34. The molecule has 0 unspecified atom stereocenters. The summed E-state index contributed by atoms with van der Waals surface area (Å²) >= 11 is 0. The van der Waals surface area contributed by atoms with Crippen molar-refractivity contribution in [2.75, 3.05) is 0 Å². The van der Waals surface area contributed by atoms with Gasteiger partial charge in [0.25, 0.3) is 0 Å². The highest BCUT2D eigenvalue weighted by atomic mass is 14.4. The first-order valence-electron chi connectivity index (χ1n) is 5.27. The fraction of sp³-hybridized carbons (Fsp3) is 0.909. The van der Waals surface area contributed by atoms with Gasteiger partial charge in [-0.25, -0.2) is 0 Å². The molecule has 0 heteroatoms. The molecule has 2 rings (SSSR count). The summed E-state index contributed by atoms with van der Waals surface area (Å²) in [5, 5.41) is 0. The summed E-state index contributed by atoms with van der Waals surface area (Å²) in [6.45, 7) is 2.35. The third-order valence-electron chi connectivity index (χ3n) is 3.67. The molecule has 11 heavy (non-hydrogen) atoms. The molecule has 0 bridgehead atoms. The van der Waals surface area contributed by atoms with E-state index in [2.05, 4.69) is 6.92 Å². The Morgan fingerprint density at radius 1 is 1.00 bits per heavy atom. The molecule has 0 aromatic rings. The second kappa shape index (κ2) is 3.16. The molecule has 63 valence electrons. The third-order valence-corrected chi connectivity index (χ3v) is 3.67. The van der Waals surface area contributed by atoms with Gasteiger partial charge in [-0.05, 0) is 49.9 Å². The van der Waals surface area contributed by atoms with Crippen LogP contribution in [-0.4, -0.2) is 0 Å². The van der Waals surface area contributed by atoms with Gasteiger partial charge in [0, 0.05) is 0 Å². The molecule has 0 atom stereocenters. The van der Waals surface area contributed by atoms with Crippen molar-refractivity contribution in [1.29, 1.82) is 0 Å². The molecule has 2 fully saturated rings. The fourth-order valence-corrected chi connectivity index (χ4v) is 2.47. The number of rotatable bonds is 3. The quantitative estimate of drug-likeness (QED) is 0.578. The predicted octanol–water partition coefficient (Wildman–Crippen LogP) is 3.57. The lowest BCUT2D eigenvalue weighted by molar-refractivity contribution is 0.216. The van der Waals surface area contributed by atoms with Gasteiger partial charge in [0.2, 0.25) is 0 Å². The summed E-state index contributed by atoms with van der Waals surface area (Å²) in [5.41, 5.74) is 0. The van der Waals surface area contributed by atoms with Gasteiger partial charge >= 0.3 is 0 Å². The maximum atomic E-state index is 2.35. The van der Waals surface area contributed by atoms with E-state index in [9.17, 15) is 0 Å². The van der Waals surface area contributed by atoms with Crippen molar-refractivity contribution in [3.63, 3.8) is 0 Å². The summed E-state index contributed by atoms with van der Waals surface area (Å²) in [5.74, 6) is 4.05. The van der Waals surface area contributed by atoms with E-state index in [-0.39, 0.29) is 0 Å². The molecule has 0 aromatic heterocycles. The largest absolute Gasteiger partial charge is 0.0648 e. The second-order valence-electron chi connectivity index (χ2n) is 4.18. The zero-order valence-electron chi connectivity index (χ0n) is 7.60. The number of hydrogen-bond acceptors (Lipinski definition) is 0. The van der Waals surface area contributed by atoms with Crippen molar-refractivity contribution in [3.8, 4) is 0 Å². The van der Waals surface area contributed by atoms with Crippen LogP contribution in [-0.2, 0) is 0 Å². The molecule has 2 aliphatic rings. The Balaban J connectivity index is 1.83. The summed E-state index contributed by atoms with van der Waals surface area (Å²) in [7, 11) is 0. The zero-order chi connectivity index (χ0) is 7.68. The molecule has 0 aromatic carbocycles. The van der Waals surface area contributed by atoms with Gasteiger partial charge in [0.05, 0.1) is 0 Å². The Morgan fingerprint density at radius 3 is 1.64 bits per heavy atom. The van der Waals surface area contributed by atoms with Gasteiger partial charge in [-0.3, -0.25) is 0 Å². The molecule has 0 heterocycles. The normalized spacial score (nSPS) is 26.7. The van der Waals surface area contributed by atoms with Gasteiger partial charge in [-0.15, -0.1) is 0 Å². The molecule has 0 amide bonds. The van der Waals surface area contributed by atoms with Gasteiger partial charge < -0.3 is 0 Å². The maximum absolute atomic E-state index is 2.35. The fourth-order valence-electron chi connectivity index (χ4n) is 2.47. The average molecular weight is 151 g/mol. The molecule has 2 aliphatic carbocycles. The van der Waals surface area contributed by atoms with Crippen molar-refractivity contribution < 1.29 is 0 Å². The summed E-state index contributed by atoms with van der Waals surface area (Å²) in [6, 6.07) is 0. The first-order chi connectivity index (χ1) is 5.42. The lowest BCUT2D eigenvalue weighted by Gasteiger charge is -2.41. The van der Waals surface area contributed by atoms with Crippen LogP contribution >= 0.6 is 0 Å². The first kappa shape index (κ1) is 7.64. The highest BCUT2D eigenvalue weighted by molar-refractivity contribution is 5.06. The zero-order valence-corrected chi connectivity index (χ0v) is 7.60. The number of hydrogen-bond donors (Lipinski definition) is 0. The summed E-state index contributed by atoms with van der Waals surface area (Å²) < 4.78 is 0. The Morgan fingerprint density at radius 2 is 1.45 bits per heavy atom. The van der Waals surface area contributed by atoms with E-state index in [0.29, 0.717) is 0 Å². The molecular formula is C11H19. The van der Waals surface area contributed by atoms with Gasteiger partial charge in [0.1, 0.15) is 0 Å². The van der Waals surface area contributed by atoms with Crippen molar-refractivity contribution in [1.82, 2.24) is 0 Å². The van der Waals surface area contributed by atoms with E-state index in [0.717, 1.165) is 11.8 Å². The highest BCUT2D eigenvalue weighted by Crippen LogP contribution is 2.47. The maximum Gasteiger partial charge on any atom is -0.0182 e. The molecular weight excluding hydrogens is 132 g/mol. The Kier molecular flexibility index (Phi) is 2.20. The van der Waals surface area contributed by atoms with Crippen molar-refractivity contribution in [3.05, 3.63) is 5.92 Å². The molecule has 0 aliphatic heterocycles. The van der Waals surface area contributed by atoms with Gasteiger partial charge in [-0.1, -0.05) is 19.8 Å². The van der Waals surface area contributed by atoms with Crippen LogP contribution in [0.4, 0.5) is 0 Å². The van der Waals surface area contributed by atoms with Crippen LogP contribution in [0.2, 0.25) is 0 Å². The van der Waals surface area contributed by atoms with Crippen LogP contribution in [0.1, 0.15) is 51.9 Å². The molecule has 1 radical (unpaired) electrons. The van der Waals surface area contributed by atoms with Gasteiger partial charge in [0.15, 0.2) is 0 Å². The minimum atomic E-state index is 1.06. The predicted molar refractivity (Wildman–Crippen MR) is 48.2 cm³/mol. The van der Waals surface area contributed by atoms with Crippen LogP contribution in [0.25, 0.3) is 0 Å². The van der Waals surface area contributed by atoms with E-state index in [1.165, 1.54) is 44.9 Å².